The summed E-state index contributed by atoms with van der Waals surface area (Å²) in [7, 11) is 0. The molecule has 65 heavy (non-hydrogen) atoms. The van der Waals surface area contributed by atoms with E-state index in [1.165, 1.54) is 19.3 Å². The van der Waals surface area contributed by atoms with Crippen molar-refractivity contribution < 1.29 is 38.9 Å². The number of ether oxygens (including phenoxy) is 2. The predicted octanol–water partition coefficient (Wildman–Crippen LogP) is 9.24. The van der Waals surface area contributed by atoms with Gasteiger partial charge in [0.25, 0.3) is 0 Å². The van der Waals surface area contributed by atoms with Crippen LogP contribution in [0.25, 0.3) is 0 Å². The normalized spacial score (nSPS) is 39.4. The van der Waals surface area contributed by atoms with Crippen molar-refractivity contribution in [1.29, 1.82) is 0 Å². The highest BCUT2D eigenvalue weighted by Gasteiger charge is 2.72. The van der Waals surface area contributed by atoms with E-state index in [0.29, 0.717) is 68.1 Å². The van der Waals surface area contributed by atoms with Crippen molar-refractivity contribution in [1.82, 2.24) is 9.80 Å². The second-order valence-corrected chi connectivity index (χ2v) is 24.8. The summed E-state index contributed by atoms with van der Waals surface area (Å²) >= 11 is 0. The molecule has 7 fully saturated rings. The number of nitrogens with zero attached hydrogens (tertiary/aromatic N) is 2. The van der Waals surface area contributed by atoms with E-state index in [9.17, 15) is 24.6 Å². The van der Waals surface area contributed by atoms with Crippen LogP contribution in [-0.4, -0.2) is 89.3 Å². The molecule has 1 heterocycles. The van der Waals surface area contributed by atoms with Crippen molar-refractivity contribution >= 4 is 23.8 Å². The van der Waals surface area contributed by atoms with Gasteiger partial charge in [-0.2, -0.15) is 0 Å². The molecule has 2 N–H and O–H groups in total. The number of rotatable bonds is 12. The molecule has 7 aliphatic rings. The third kappa shape index (κ3) is 7.62. The number of fused-ring (bicyclic) bond motifs is 7. The highest BCUT2D eigenvalue weighted by molar-refractivity contribution is 5.86. The molecule has 8 rings (SSSR count). The molecule has 10 heteroatoms. The Morgan fingerprint density at radius 2 is 1.38 bits per heavy atom. The molecule has 1 aromatic rings. The number of amides is 2. The maximum absolute atomic E-state index is 15.2. The fourth-order valence-corrected chi connectivity index (χ4v) is 16.9. The number of hydrogen-bond acceptors (Lipinski definition) is 8. The average Bonchev–Trinajstić information content (AvgIpc) is 3.67. The van der Waals surface area contributed by atoms with Gasteiger partial charge in [-0.05, 0) is 134 Å². The van der Waals surface area contributed by atoms with Gasteiger partial charge >= 0.3 is 11.9 Å². The summed E-state index contributed by atoms with van der Waals surface area (Å²) in [5, 5.41) is 19.8. The van der Waals surface area contributed by atoms with Gasteiger partial charge in [0.1, 0.15) is 12.7 Å². The number of carbonyl (C=O) groups excluding carboxylic acids is 4. The van der Waals surface area contributed by atoms with Crippen LogP contribution in [0.4, 0.5) is 0 Å². The second kappa shape index (κ2) is 17.5. The molecule has 1 saturated heterocycles. The first-order valence-electron chi connectivity index (χ1n) is 25.9. The molecular weight excluding hydrogens is 817 g/mol. The third-order valence-corrected chi connectivity index (χ3v) is 21.2. The molecule has 1 aromatic carbocycles. The number of hydrogen-bond donors (Lipinski definition) is 2. The Morgan fingerprint density at radius 1 is 0.723 bits per heavy atom. The molecule has 12 atom stereocenters. The first-order valence-corrected chi connectivity index (χ1v) is 25.9. The van der Waals surface area contributed by atoms with E-state index in [4.69, 9.17) is 9.47 Å². The lowest BCUT2D eigenvalue weighted by molar-refractivity contribution is -0.252. The van der Waals surface area contributed by atoms with Gasteiger partial charge < -0.3 is 29.5 Å². The quantitative estimate of drug-likeness (QED) is 0.199. The summed E-state index contributed by atoms with van der Waals surface area (Å²) < 4.78 is 12.3. The molecule has 0 spiro atoms. The fraction of sp³-hybridized carbons (Fsp3) is 0.818. The zero-order valence-electron chi connectivity index (χ0n) is 41.6. The van der Waals surface area contributed by atoms with Crippen LogP contribution in [0.2, 0.25) is 0 Å². The summed E-state index contributed by atoms with van der Waals surface area (Å²) in [6, 6.07) is 9.73. The van der Waals surface area contributed by atoms with E-state index in [2.05, 4.69) is 46.4 Å². The molecule has 0 radical (unpaired) electrons. The minimum Gasteiger partial charge on any atom is -0.462 e. The smallest absolute Gasteiger partial charge is 0.309 e. The lowest BCUT2D eigenvalue weighted by Crippen LogP contribution is -2.68. The largest absolute Gasteiger partial charge is 0.462 e. The summed E-state index contributed by atoms with van der Waals surface area (Å²) in [4.78, 5) is 59.7. The Bertz CT molecular complexity index is 1940. The molecule has 6 saturated carbocycles. The van der Waals surface area contributed by atoms with Gasteiger partial charge in [-0.3, -0.25) is 19.2 Å². The number of aliphatic hydroxyl groups excluding tert-OH is 2. The van der Waals surface area contributed by atoms with Gasteiger partial charge in [0, 0.05) is 31.6 Å². The van der Waals surface area contributed by atoms with Crippen LogP contribution in [0.5, 0.6) is 0 Å². The molecular formula is C55H84N2O8. The zero-order valence-corrected chi connectivity index (χ0v) is 41.6. The summed E-state index contributed by atoms with van der Waals surface area (Å²) in [5.74, 6) is 1.39. The second-order valence-electron chi connectivity index (χ2n) is 24.8. The van der Waals surface area contributed by atoms with Crippen LogP contribution in [0.1, 0.15) is 158 Å². The van der Waals surface area contributed by atoms with Crippen molar-refractivity contribution in [3.05, 3.63) is 35.9 Å². The van der Waals surface area contributed by atoms with Crippen molar-refractivity contribution in [3.63, 3.8) is 0 Å². The number of esters is 2. The SMILES string of the molecule is CCCCC1CCC2(C(=O)N3CCN(C(=O)C(C)(CO)CO)CC3)CCC3(C)C(CCC4C5(C)CCC(OC(=O)C6CC(C(=O)OCc7ccccc7)C6(C)C)C(C)(C)C5CCC43C)C12. The Kier molecular flexibility index (Phi) is 13.1. The molecule has 10 nitrogen and oxygen atoms in total. The van der Waals surface area contributed by atoms with Crippen molar-refractivity contribution in [2.45, 2.75) is 165 Å². The Morgan fingerprint density at radius 3 is 2.03 bits per heavy atom. The maximum atomic E-state index is 15.2. The fourth-order valence-electron chi connectivity index (χ4n) is 16.9. The summed E-state index contributed by atoms with van der Waals surface area (Å²) in [6.45, 7) is 21.8. The van der Waals surface area contributed by atoms with E-state index in [1.54, 1.807) is 11.8 Å². The van der Waals surface area contributed by atoms with Gasteiger partial charge in [0.15, 0.2) is 0 Å². The van der Waals surface area contributed by atoms with E-state index < -0.39 is 24.0 Å². The standard InChI is InChI=1S/C55H84N2O8/c1-10-11-17-37-20-25-55(48(63)57-30-28-56(29-31-57)47(62)51(6,34-58)35-59)27-26-53(8)38(44(37)55)18-19-42-52(7)23-22-43(50(4,5)41(52)21-24-54(42,53)9)65-46(61)40-32-39(49(40,2)3)45(60)64-33-36-15-13-12-14-16-36/h12-16,37-44,58-59H,10-11,17-35H2,1-9H3. The molecule has 12 unspecified atom stereocenters. The van der Waals surface area contributed by atoms with Crippen LogP contribution < -0.4 is 0 Å². The number of piperazine rings is 1. The topological polar surface area (TPSA) is 134 Å². The van der Waals surface area contributed by atoms with E-state index in [-0.39, 0.29) is 69.5 Å². The predicted molar refractivity (Wildman–Crippen MR) is 251 cm³/mol. The first kappa shape index (κ1) is 48.5. The zero-order chi connectivity index (χ0) is 47.0. The van der Waals surface area contributed by atoms with Crippen LogP contribution in [0.15, 0.2) is 30.3 Å². The monoisotopic (exact) mass is 901 g/mol. The summed E-state index contributed by atoms with van der Waals surface area (Å²) in [6.07, 6.45) is 14.4. The highest BCUT2D eigenvalue weighted by atomic mass is 16.5. The molecule has 1 aliphatic heterocycles. The van der Waals surface area contributed by atoms with E-state index in [0.717, 1.165) is 69.8 Å². The van der Waals surface area contributed by atoms with Crippen molar-refractivity contribution in [2.24, 2.45) is 79.3 Å². The lowest BCUT2D eigenvalue weighted by atomic mass is 9.32. The minimum absolute atomic E-state index is 0.109. The van der Waals surface area contributed by atoms with Gasteiger partial charge in [0.05, 0.1) is 35.9 Å². The Hall–Kier alpha value is -2.98. The Labute approximate surface area is 390 Å². The third-order valence-electron chi connectivity index (χ3n) is 21.2. The molecule has 0 aromatic heterocycles. The van der Waals surface area contributed by atoms with Gasteiger partial charge in [-0.15, -0.1) is 0 Å². The van der Waals surface area contributed by atoms with Crippen LogP contribution in [-0.2, 0) is 35.3 Å². The first-order chi connectivity index (χ1) is 30.7. The molecule has 6 aliphatic carbocycles. The highest BCUT2D eigenvalue weighted by Crippen LogP contribution is 2.78. The summed E-state index contributed by atoms with van der Waals surface area (Å²) in [5.41, 5.74) is -0.993. The average molecular weight is 901 g/mol. The number of aliphatic hydroxyl groups is 2. The van der Waals surface area contributed by atoms with Crippen molar-refractivity contribution in [2.75, 3.05) is 39.4 Å². The van der Waals surface area contributed by atoms with Crippen molar-refractivity contribution in [3.8, 4) is 0 Å². The number of carbonyl (C=O) groups is 4. The van der Waals surface area contributed by atoms with E-state index >= 15 is 4.79 Å². The number of unbranched alkanes of at least 4 members (excludes halogenated alkanes) is 1. The number of benzene rings is 1. The van der Waals surface area contributed by atoms with Gasteiger partial charge in [-0.1, -0.05) is 105 Å². The Balaban J connectivity index is 0.958. The van der Waals surface area contributed by atoms with Crippen LogP contribution in [0.3, 0.4) is 0 Å². The molecule has 362 valence electrons. The minimum atomic E-state index is -1.21. The molecule has 0 bridgehead atoms. The maximum Gasteiger partial charge on any atom is 0.309 e. The lowest BCUT2D eigenvalue weighted by Gasteiger charge is -2.73. The van der Waals surface area contributed by atoms with E-state index in [1.807, 2.05) is 44.2 Å². The molecule has 2 amide bonds. The van der Waals surface area contributed by atoms with Gasteiger partial charge in [0.2, 0.25) is 11.8 Å². The van der Waals surface area contributed by atoms with Gasteiger partial charge in [-0.25, -0.2) is 0 Å². The van der Waals surface area contributed by atoms with Crippen LogP contribution in [0, 0.1) is 79.3 Å². The van der Waals surface area contributed by atoms with Crippen LogP contribution >= 0.6 is 0 Å².